The highest BCUT2D eigenvalue weighted by atomic mass is 16.6. The van der Waals surface area contributed by atoms with Gasteiger partial charge in [-0.3, -0.25) is 15.0 Å². The van der Waals surface area contributed by atoms with E-state index in [1.165, 1.54) is 0 Å². The summed E-state index contributed by atoms with van der Waals surface area (Å²) >= 11 is 0. The third-order valence-electron chi connectivity index (χ3n) is 3.66. The summed E-state index contributed by atoms with van der Waals surface area (Å²) in [5.41, 5.74) is 2.13. The van der Waals surface area contributed by atoms with Gasteiger partial charge in [0.2, 0.25) is 0 Å². The van der Waals surface area contributed by atoms with Gasteiger partial charge in [-0.15, -0.1) is 0 Å². The Hall–Kier alpha value is -1.66. The van der Waals surface area contributed by atoms with Crippen molar-refractivity contribution in [2.24, 2.45) is 0 Å². The van der Waals surface area contributed by atoms with E-state index >= 15 is 0 Å². The van der Waals surface area contributed by atoms with Crippen molar-refractivity contribution in [1.29, 1.82) is 0 Å². The lowest BCUT2D eigenvalue weighted by atomic mass is 10.1. The molecular formula is C14H21N3O3. The number of hydrogen-bond donors (Lipinski definition) is 0. The van der Waals surface area contributed by atoms with Gasteiger partial charge in [-0.1, -0.05) is 0 Å². The first-order valence-corrected chi connectivity index (χ1v) is 6.84. The van der Waals surface area contributed by atoms with E-state index in [0.717, 1.165) is 50.6 Å². The molecule has 20 heavy (non-hydrogen) atoms. The summed E-state index contributed by atoms with van der Waals surface area (Å²) in [6.45, 7) is 7.36. The van der Waals surface area contributed by atoms with Gasteiger partial charge in [0.15, 0.2) is 0 Å². The molecule has 1 aromatic carbocycles. The second-order valence-corrected chi connectivity index (χ2v) is 5.10. The highest BCUT2D eigenvalue weighted by Gasteiger charge is 2.13. The van der Waals surface area contributed by atoms with Crippen LogP contribution in [0.3, 0.4) is 0 Å². The van der Waals surface area contributed by atoms with Gasteiger partial charge < -0.3 is 9.64 Å². The molecule has 0 unspecified atom stereocenters. The minimum atomic E-state index is -0.357. The zero-order valence-electron chi connectivity index (χ0n) is 12.0. The van der Waals surface area contributed by atoms with Crippen LogP contribution in [0.2, 0.25) is 0 Å². The number of non-ortho nitro benzene ring substituents is 1. The molecule has 0 bridgehead atoms. The predicted molar refractivity (Wildman–Crippen MR) is 78.4 cm³/mol. The molecule has 0 aliphatic carbocycles. The predicted octanol–water partition coefficient (Wildman–Crippen LogP) is 1.67. The average molecular weight is 279 g/mol. The number of aryl methyl sites for hydroxylation is 1. The third-order valence-corrected chi connectivity index (χ3v) is 3.66. The van der Waals surface area contributed by atoms with Crippen molar-refractivity contribution in [3.63, 3.8) is 0 Å². The zero-order chi connectivity index (χ0) is 14.5. The van der Waals surface area contributed by atoms with Gasteiger partial charge in [0.1, 0.15) is 0 Å². The maximum Gasteiger partial charge on any atom is 0.269 e. The molecule has 0 aromatic heterocycles. The quantitative estimate of drug-likeness (QED) is 0.606. The van der Waals surface area contributed by atoms with Crippen molar-refractivity contribution in [3.05, 3.63) is 33.9 Å². The summed E-state index contributed by atoms with van der Waals surface area (Å²) in [6.07, 6.45) is 0. The highest BCUT2D eigenvalue weighted by Crippen LogP contribution is 2.23. The van der Waals surface area contributed by atoms with Gasteiger partial charge in [0.05, 0.1) is 18.1 Å². The molecule has 0 atom stereocenters. The number of hydrogen-bond acceptors (Lipinski definition) is 5. The van der Waals surface area contributed by atoms with Gasteiger partial charge in [-0.2, -0.15) is 0 Å². The molecular weight excluding hydrogens is 258 g/mol. The summed E-state index contributed by atoms with van der Waals surface area (Å²) < 4.78 is 5.33. The van der Waals surface area contributed by atoms with E-state index < -0.39 is 0 Å². The Bertz CT molecular complexity index is 473. The molecule has 110 valence electrons. The molecule has 1 saturated heterocycles. The van der Waals surface area contributed by atoms with E-state index in [9.17, 15) is 10.1 Å². The van der Waals surface area contributed by atoms with Crippen LogP contribution in [0.25, 0.3) is 0 Å². The summed E-state index contributed by atoms with van der Waals surface area (Å²) in [5.74, 6) is 0. The topological polar surface area (TPSA) is 58.9 Å². The molecule has 1 fully saturated rings. The van der Waals surface area contributed by atoms with Crippen LogP contribution >= 0.6 is 0 Å². The lowest BCUT2D eigenvalue weighted by molar-refractivity contribution is -0.384. The number of nitrogens with zero attached hydrogens (tertiary/aromatic N) is 3. The van der Waals surface area contributed by atoms with Crippen molar-refractivity contribution in [2.75, 3.05) is 51.3 Å². The standard InChI is InChI=1S/C14H21N3O3/c1-12-11-13(17(18)19)3-4-14(12)15(2)5-6-16-7-9-20-10-8-16/h3-4,11H,5-10H2,1-2H3. The number of anilines is 1. The van der Waals surface area contributed by atoms with Gasteiger partial charge in [0.25, 0.3) is 5.69 Å². The fraction of sp³-hybridized carbons (Fsp3) is 0.571. The molecule has 0 spiro atoms. The number of nitro groups is 1. The van der Waals surface area contributed by atoms with Crippen LogP contribution in [0.4, 0.5) is 11.4 Å². The van der Waals surface area contributed by atoms with Crippen LogP contribution in [-0.4, -0.2) is 56.3 Å². The van der Waals surface area contributed by atoms with E-state index in [1.54, 1.807) is 12.1 Å². The summed E-state index contributed by atoms with van der Waals surface area (Å²) in [6, 6.07) is 5.01. The first-order chi connectivity index (χ1) is 9.58. The summed E-state index contributed by atoms with van der Waals surface area (Å²) in [5, 5.41) is 10.7. The molecule has 1 aromatic rings. The number of nitro benzene ring substituents is 1. The van der Waals surface area contributed by atoms with E-state index in [0.29, 0.717) is 0 Å². The van der Waals surface area contributed by atoms with Crippen LogP contribution in [0.1, 0.15) is 5.56 Å². The normalized spacial score (nSPS) is 16.1. The number of likely N-dealkylation sites (N-methyl/N-ethyl adjacent to an activating group) is 1. The largest absolute Gasteiger partial charge is 0.379 e. The van der Waals surface area contributed by atoms with E-state index in [1.807, 2.05) is 20.0 Å². The van der Waals surface area contributed by atoms with E-state index in [-0.39, 0.29) is 10.6 Å². The molecule has 1 heterocycles. The van der Waals surface area contributed by atoms with Crippen LogP contribution in [-0.2, 0) is 4.74 Å². The van der Waals surface area contributed by atoms with Crippen LogP contribution in [0.5, 0.6) is 0 Å². The molecule has 1 aliphatic rings. The molecule has 0 amide bonds. The smallest absolute Gasteiger partial charge is 0.269 e. The third kappa shape index (κ3) is 3.68. The van der Waals surface area contributed by atoms with E-state index in [4.69, 9.17) is 4.74 Å². The molecule has 1 aliphatic heterocycles. The Morgan fingerprint density at radius 3 is 2.70 bits per heavy atom. The second-order valence-electron chi connectivity index (χ2n) is 5.10. The van der Waals surface area contributed by atoms with Gasteiger partial charge in [-0.05, 0) is 18.6 Å². The van der Waals surface area contributed by atoms with Crippen molar-refractivity contribution >= 4 is 11.4 Å². The molecule has 0 N–H and O–H groups in total. The Balaban J connectivity index is 1.94. The van der Waals surface area contributed by atoms with Crippen LogP contribution < -0.4 is 4.90 Å². The Kier molecular flexibility index (Phi) is 4.92. The molecule has 0 saturated carbocycles. The van der Waals surface area contributed by atoms with Crippen molar-refractivity contribution in [2.45, 2.75) is 6.92 Å². The molecule has 6 heteroatoms. The van der Waals surface area contributed by atoms with E-state index in [2.05, 4.69) is 9.80 Å². The summed E-state index contributed by atoms with van der Waals surface area (Å²) in [7, 11) is 2.02. The first kappa shape index (κ1) is 14.7. The minimum absolute atomic E-state index is 0.146. The fourth-order valence-electron chi connectivity index (χ4n) is 2.42. The maximum absolute atomic E-state index is 10.7. The first-order valence-electron chi connectivity index (χ1n) is 6.84. The Morgan fingerprint density at radius 2 is 2.10 bits per heavy atom. The fourth-order valence-corrected chi connectivity index (χ4v) is 2.42. The SMILES string of the molecule is Cc1cc([N+](=O)[O-])ccc1N(C)CCN1CCOCC1. The van der Waals surface area contributed by atoms with Gasteiger partial charge >= 0.3 is 0 Å². The van der Waals surface area contributed by atoms with Crippen molar-refractivity contribution in [3.8, 4) is 0 Å². The maximum atomic E-state index is 10.7. The number of benzene rings is 1. The minimum Gasteiger partial charge on any atom is -0.379 e. The number of rotatable bonds is 5. The molecule has 2 rings (SSSR count). The lowest BCUT2D eigenvalue weighted by Gasteiger charge is -2.29. The number of ether oxygens (including phenoxy) is 1. The molecule has 6 nitrogen and oxygen atoms in total. The van der Waals surface area contributed by atoms with Crippen LogP contribution in [0, 0.1) is 17.0 Å². The summed E-state index contributed by atoms with van der Waals surface area (Å²) in [4.78, 5) is 14.9. The number of morpholine rings is 1. The Labute approximate surface area is 119 Å². The molecule has 0 radical (unpaired) electrons. The van der Waals surface area contributed by atoms with Crippen molar-refractivity contribution in [1.82, 2.24) is 4.90 Å². The highest BCUT2D eigenvalue weighted by molar-refractivity contribution is 5.56. The zero-order valence-corrected chi connectivity index (χ0v) is 12.0. The monoisotopic (exact) mass is 279 g/mol. The lowest BCUT2D eigenvalue weighted by Crippen LogP contribution is -2.40. The van der Waals surface area contributed by atoms with Crippen molar-refractivity contribution < 1.29 is 9.66 Å². The van der Waals surface area contributed by atoms with Gasteiger partial charge in [0, 0.05) is 51.0 Å². The second kappa shape index (κ2) is 6.67. The Morgan fingerprint density at radius 1 is 1.40 bits per heavy atom. The average Bonchev–Trinajstić information content (AvgIpc) is 2.45. The van der Waals surface area contributed by atoms with Crippen LogP contribution in [0.15, 0.2) is 18.2 Å². The van der Waals surface area contributed by atoms with Gasteiger partial charge in [-0.25, -0.2) is 0 Å².